The smallest absolute Gasteiger partial charge is 0.00959 e. The normalized spacial score (nSPS) is 41.7. The van der Waals surface area contributed by atoms with Crippen molar-refractivity contribution in [2.45, 2.75) is 38.6 Å². The molecule has 2 unspecified atom stereocenters. The van der Waals surface area contributed by atoms with Crippen molar-refractivity contribution < 1.29 is 0 Å². The molecule has 0 aromatic rings. The van der Waals surface area contributed by atoms with Crippen molar-refractivity contribution in [3.8, 4) is 0 Å². The summed E-state index contributed by atoms with van der Waals surface area (Å²) in [5, 5.41) is 0. The highest BCUT2D eigenvalue weighted by Crippen LogP contribution is 2.28. The van der Waals surface area contributed by atoms with Crippen molar-refractivity contribution in [3.05, 3.63) is 0 Å². The highest BCUT2D eigenvalue weighted by molar-refractivity contribution is 4.84. The molecule has 0 bridgehead atoms. The molecule has 2 atom stereocenters. The van der Waals surface area contributed by atoms with Gasteiger partial charge in [0.25, 0.3) is 0 Å². The molecule has 2 heterocycles. The van der Waals surface area contributed by atoms with E-state index in [1.165, 1.54) is 38.8 Å². The first-order valence-electron chi connectivity index (χ1n) is 4.60. The van der Waals surface area contributed by atoms with Gasteiger partial charge in [0.05, 0.1) is 0 Å². The number of hydrogen-bond donors (Lipinski definition) is 0. The Morgan fingerprint density at radius 1 is 1.20 bits per heavy atom. The highest BCUT2D eigenvalue weighted by Gasteiger charge is 2.29. The Morgan fingerprint density at radius 3 is 3.00 bits per heavy atom. The quantitative estimate of drug-likeness (QED) is 0.495. The van der Waals surface area contributed by atoms with E-state index in [1.807, 2.05) is 0 Å². The van der Waals surface area contributed by atoms with Crippen LogP contribution in [0.4, 0.5) is 0 Å². The molecular weight excluding hydrogens is 122 g/mol. The van der Waals surface area contributed by atoms with Gasteiger partial charge >= 0.3 is 0 Å². The monoisotopic (exact) mass is 139 g/mol. The molecule has 0 aromatic heterocycles. The summed E-state index contributed by atoms with van der Waals surface area (Å²) in [5.74, 6) is 0.967. The summed E-state index contributed by atoms with van der Waals surface area (Å²) in [4.78, 5) is 2.69. The van der Waals surface area contributed by atoms with Gasteiger partial charge in [-0.1, -0.05) is 6.92 Å². The fourth-order valence-electron chi connectivity index (χ4n) is 2.43. The summed E-state index contributed by atoms with van der Waals surface area (Å²) in [6.45, 7) is 5.15. The number of nitrogens with zero attached hydrogens (tertiary/aromatic N) is 1. The lowest BCUT2D eigenvalue weighted by Crippen LogP contribution is -2.37. The SMILES string of the molecule is CC1CCC2CCCN2C1. The molecule has 2 rings (SSSR count). The summed E-state index contributed by atoms with van der Waals surface area (Å²) in [6, 6.07) is 0.983. The Morgan fingerprint density at radius 2 is 2.10 bits per heavy atom. The third-order valence-corrected chi connectivity index (χ3v) is 3.04. The zero-order valence-corrected chi connectivity index (χ0v) is 6.84. The molecule has 10 heavy (non-hydrogen) atoms. The predicted octanol–water partition coefficient (Wildman–Crippen LogP) is 1.88. The first kappa shape index (κ1) is 6.66. The molecule has 0 aliphatic carbocycles. The maximum Gasteiger partial charge on any atom is 0.00959 e. The molecule has 1 nitrogen and oxygen atoms in total. The van der Waals surface area contributed by atoms with Gasteiger partial charge in [0, 0.05) is 12.6 Å². The first-order valence-corrected chi connectivity index (χ1v) is 4.60. The largest absolute Gasteiger partial charge is 0.300 e. The van der Waals surface area contributed by atoms with Crippen LogP contribution < -0.4 is 0 Å². The van der Waals surface area contributed by atoms with Crippen LogP contribution in [0.1, 0.15) is 32.6 Å². The second-order valence-corrected chi connectivity index (χ2v) is 3.97. The number of rotatable bonds is 0. The molecule has 2 aliphatic rings. The van der Waals surface area contributed by atoms with Crippen molar-refractivity contribution in [2.75, 3.05) is 13.1 Å². The van der Waals surface area contributed by atoms with E-state index in [0.717, 1.165) is 12.0 Å². The average Bonchev–Trinajstić information content (AvgIpc) is 2.33. The fraction of sp³-hybridized carbons (Fsp3) is 1.00. The van der Waals surface area contributed by atoms with Crippen LogP contribution in [0.25, 0.3) is 0 Å². The maximum atomic E-state index is 2.69. The van der Waals surface area contributed by atoms with Crippen molar-refractivity contribution in [1.82, 2.24) is 4.90 Å². The fourth-order valence-corrected chi connectivity index (χ4v) is 2.43. The van der Waals surface area contributed by atoms with E-state index in [-0.39, 0.29) is 0 Å². The molecule has 1 heteroatoms. The second-order valence-electron chi connectivity index (χ2n) is 3.97. The molecule has 2 aliphatic heterocycles. The van der Waals surface area contributed by atoms with E-state index in [0.29, 0.717) is 0 Å². The standard InChI is InChI=1S/C9H17N/c1-8-4-5-9-3-2-6-10(9)7-8/h8-9H,2-7H2,1H3. The highest BCUT2D eigenvalue weighted by atomic mass is 15.2. The van der Waals surface area contributed by atoms with Crippen LogP contribution in [0, 0.1) is 5.92 Å². The van der Waals surface area contributed by atoms with E-state index < -0.39 is 0 Å². The van der Waals surface area contributed by atoms with Crippen LogP contribution in [0.3, 0.4) is 0 Å². The molecule has 0 saturated carbocycles. The minimum atomic E-state index is 0.967. The molecule has 58 valence electrons. The molecule has 0 aromatic carbocycles. The van der Waals surface area contributed by atoms with E-state index in [2.05, 4.69) is 11.8 Å². The van der Waals surface area contributed by atoms with Crippen LogP contribution in [-0.4, -0.2) is 24.0 Å². The van der Waals surface area contributed by atoms with E-state index >= 15 is 0 Å². The topological polar surface area (TPSA) is 3.24 Å². The average molecular weight is 139 g/mol. The predicted molar refractivity (Wildman–Crippen MR) is 43.0 cm³/mol. The number of hydrogen-bond acceptors (Lipinski definition) is 1. The zero-order valence-electron chi connectivity index (χ0n) is 6.84. The lowest BCUT2D eigenvalue weighted by atomic mass is 9.95. The Hall–Kier alpha value is -0.0400. The van der Waals surface area contributed by atoms with Crippen molar-refractivity contribution in [2.24, 2.45) is 5.92 Å². The number of piperidine rings is 1. The van der Waals surface area contributed by atoms with E-state index in [9.17, 15) is 0 Å². The van der Waals surface area contributed by atoms with Gasteiger partial charge in [0.15, 0.2) is 0 Å². The van der Waals surface area contributed by atoms with Crippen molar-refractivity contribution in [3.63, 3.8) is 0 Å². The Labute approximate surface area is 63.4 Å². The molecule has 0 N–H and O–H groups in total. The molecule has 2 saturated heterocycles. The number of fused-ring (bicyclic) bond motifs is 1. The summed E-state index contributed by atoms with van der Waals surface area (Å²) in [5.41, 5.74) is 0. The summed E-state index contributed by atoms with van der Waals surface area (Å²) >= 11 is 0. The van der Waals surface area contributed by atoms with Gasteiger partial charge in [-0.25, -0.2) is 0 Å². The van der Waals surface area contributed by atoms with Crippen molar-refractivity contribution in [1.29, 1.82) is 0 Å². The van der Waals surface area contributed by atoms with Gasteiger partial charge in [-0.2, -0.15) is 0 Å². The van der Waals surface area contributed by atoms with Gasteiger partial charge in [0.1, 0.15) is 0 Å². The first-order chi connectivity index (χ1) is 4.86. The summed E-state index contributed by atoms with van der Waals surface area (Å²) in [7, 11) is 0. The Balaban J connectivity index is 1.96. The van der Waals surface area contributed by atoms with Gasteiger partial charge in [-0.15, -0.1) is 0 Å². The van der Waals surface area contributed by atoms with Crippen LogP contribution in [-0.2, 0) is 0 Å². The van der Waals surface area contributed by atoms with E-state index in [4.69, 9.17) is 0 Å². The molecule has 2 fully saturated rings. The minimum Gasteiger partial charge on any atom is -0.300 e. The van der Waals surface area contributed by atoms with Gasteiger partial charge < -0.3 is 4.90 Å². The van der Waals surface area contributed by atoms with Crippen LogP contribution in [0.5, 0.6) is 0 Å². The summed E-state index contributed by atoms with van der Waals surface area (Å²) in [6.07, 6.45) is 5.88. The second kappa shape index (κ2) is 2.54. The lowest BCUT2D eigenvalue weighted by Gasteiger charge is -2.33. The third kappa shape index (κ3) is 1.07. The van der Waals surface area contributed by atoms with Crippen molar-refractivity contribution >= 4 is 0 Å². The maximum absolute atomic E-state index is 2.69. The molecular formula is C9H17N. The Kier molecular flexibility index (Phi) is 1.69. The van der Waals surface area contributed by atoms with Crippen LogP contribution >= 0.6 is 0 Å². The third-order valence-electron chi connectivity index (χ3n) is 3.04. The lowest BCUT2D eigenvalue weighted by molar-refractivity contribution is 0.156. The van der Waals surface area contributed by atoms with Crippen LogP contribution in [0.2, 0.25) is 0 Å². The molecule has 0 radical (unpaired) electrons. The minimum absolute atomic E-state index is 0.967. The van der Waals surface area contributed by atoms with E-state index in [1.54, 1.807) is 0 Å². The van der Waals surface area contributed by atoms with Crippen LogP contribution in [0.15, 0.2) is 0 Å². The van der Waals surface area contributed by atoms with Gasteiger partial charge in [-0.3, -0.25) is 0 Å². The van der Waals surface area contributed by atoms with Gasteiger partial charge in [0.2, 0.25) is 0 Å². The van der Waals surface area contributed by atoms with Gasteiger partial charge in [-0.05, 0) is 38.1 Å². The Bertz CT molecular complexity index is 122. The zero-order chi connectivity index (χ0) is 6.97. The summed E-state index contributed by atoms with van der Waals surface area (Å²) < 4.78 is 0. The molecule has 0 amide bonds. The molecule has 0 spiro atoms.